The van der Waals surface area contributed by atoms with Crippen LogP contribution in [0.4, 0.5) is 5.13 Å². The zero-order valence-electron chi connectivity index (χ0n) is 15.3. The molecule has 10 heteroatoms. The van der Waals surface area contributed by atoms with Crippen molar-refractivity contribution in [2.24, 2.45) is 5.10 Å². The van der Waals surface area contributed by atoms with Crippen molar-refractivity contribution in [3.05, 3.63) is 73.2 Å². The summed E-state index contributed by atoms with van der Waals surface area (Å²) in [6, 6.07) is 10.5. The zero-order valence-corrected chi connectivity index (χ0v) is 19.1. The average Bonchev–Trinajstić information content (AvgIpc) is 3.30. The number of aromatic nitrogens is 2. The molecule has 0 unspecified atom stereocenters. The Balaban J connectivity index is 1.61. The van der Waals surface area contributed by atoms with Gasteiger partial charge in [0.05, 0.1) is 32.5 Å². The molecule has 4 aromatic rings. The number of hydrogen-bond donors (Lipinski definition) is 1. The maximum Gasteiger partial charge on any atom is 0.203 e. The number of hydrogen-bond acceptors (Lipinski definition) is 6. The first kappa shape index (κ1) is 21.2. The lowest BCUT2D eigenvalue weighted by Gasteiger charge is -2.03. The first-order valence-electron chi connectivity index (χ1n) is 8.54. The predicted octanol–water partition coefficient (Wildman–Crippen LogP) is 7.83. The summed E-state index contributed by atoms with van der Waals surface area (Å²) >= 11 is 26.0. The van der Waals surface area contributed by atoms with Crippen LogP contribution in [0.2, 0.25) is 20.1 Å². The number of hydrazone groups is 1. The van der Waals surface area contributed by atoms with Crippen LogP contribution in [0.15, 0.2) is 51.4 Å². The Kier molecular flexibility index (Phi) is 6.32. The van der Waals surface area contributed by atoms with E-state index in [0.29, 0.717) is 53.5 Å². The van der Waals surface area contributed by atoms with Gasteiger partial charge < -0.3 is 4.52 Å². The molecule has 0 bridgehead atoms. The molecule has 5 nitrogen and oxygen atoms in total. The highest BCUT2D eigenvalue weighted by Gasteiger charge is 2.21. The van der Waals surface area contributed by atoms with Crippen LogP contribution >= 0.6 is 57.7 Å². The van der Waals surface area contributed by atoms with E-state index in [1.807, 2.05) is 12.3 Å². The summed E-state index contributed by atoms with van der Waals surface area (Å²) in [6.45, 7) is 1.82. The largest absolute Gasteiger partial charge is 0.360 e. The Hall–Kier alpha value is -2.09. The van der Waals surface area contributed by atoms with E-state index in [0.717, 1.165) is 5.56 Å². The minimum Gasteiger partial charge on any atom is -0.360 e. The van der Waals surface area contributed by atoms with Gasteiger partial charge in [-0.3, -0.25) is 5.43 Å². The molecule has 152 valence electrons. The minimum absolute atomic E-state index is 0.479. The second kappa shape index (κ2) is 8.96. The Morgan fingerprint density at radius 2 is 1.83 bits per heavy atom. The van der Waals surface area contributed by atoms with Crippen LogP contribution in [0.5, 0.6) is 0 Å². The van der Waals surface area contributed by atoms with Gasteiger partial charge in [0.2, 0.25) is 5.13 Å². The van der Waals surface area contributed by atoms with Crippen LogP contribution in [-0.4, -0.2) is 16.4 Å². The van der Waals surface area contributed by atoms with Gasteiger partial charge in [0, 0.05) is 21.5 Å². The first-order valence-corrected chi connectivity index (χ1v) is 10.9. The average molecular weight is 498 g/mol. The van der Waals surface area contributed by atoms with E-state index in [4.69, 9.17) is 50.9 Å². The monoisotopic (exact) mass is 496 g/mol. The molecule has 2 aromatic heterocycles. The lowest BCUT2D eigenvalue weighted by Crippen LogP contribution is -1.92. The fourth-order valence-corrected chi connectivity index (χ4v) is 4.41. The normalized spacial score (nSPS) is 11.4. The van der Waals surface area contributed by atoms with Gasteiger partial charge in [-0.25, -0.2) is 4.98 Å². The summed E-state index contributed by atoms with van der Waals surface area (Å²) < 4.78 is 5.41. The van der Waals surface area contributed by atoms with Crippen molar-refractivity contribution >= 4 is 69.1 Å². The second-order valence-electron chi connectivity index (χ2n) is 6.13. The highest BCUT2D eigenvalue weighted by atomic mass is 35.5. The van der Waals surface area contributed by atoms with Crippen molar-refractivity contribution in [2.45, 2.75) is 6.92 Å². The van der Waals surface area contributed by atoms with E-state index < -0.39 is 0 Å². The first-order chi connectivity index (χ1) is 14.4. The Bertz CT molecular complexity index is 1230. The van der Waals surface area contributed by atoms with Gasteiger partial charge in [0.1, 0.15) is 11.5 Å². The van der Waals surface area contributed by atoms with Gasteiger partial charge in [-0.2, -0.15) is 5.10 Å². The molecular weight excluding hydrogens is 486 g/mol. The minimum atomic E-state index is 0.479. The standard InChI is InChI=1S/C20H12Cl4N4OS/c1-10-18(19(28-29-10)12-6-5-11(21)7-16(12)24)17-9-30-20(26-17)27-25-8-13-14(22)3-2-4-15(13)23/h2-9H,1H3,(H,26,27)/b25-8-. The molecule has 0 radical (unpaired) electrons. The summed E-state index contributed by atoms with van der Waals surface area (Å²) in [6.07, 6.45) is 1.55. The molecule has 0 atom stereocenters. The third kappa shape index (κ3) is 4.33. The van der Waals surface area contributed by atoms with Crippen molar-refractivity contribution in [1.29, 1.82) is 0 Å². The smallest absolute Gasteiger partial charge is 0.203 e. The number of rotatable bonds is 5. The molecule has 2 aromatic carbocycles. The number of nitrogens with zero attached hydrogens (tertiary/aromatic N) is 3. The molecule has 0 aliphatic heterocycles. The van der Waals surface area contributed by atoms with Gasteiger partial charge in [-0.05, 0) is 37.3 Å². The van der Waals surface area contributed by atoms with E-state index in [-0.39, 0.29) is 0 Å². The molecule has 0 amide bonds. The van der Waals surface area contributed by atoms with Crippen LogP contribution < -0.4 is 5.43 Å². The summed E-state index contributed by atoms with van der Waals surface area (Å²) in [7, 11) is 0. The summed E-state index contributed by atoms with van der Waals surface area (Å²) in [5, 5.41) is 12.9. The van der Waals surface area contributed by atoms with E-state index in [2.05, 4.69) is 20.7 Å². The summed E-state index contributed by atoms with van der Waals surface area (Å²) in [4.78, 5) is 4.58. The van der Waals surface area contributed by atoms with Crippen molar-refractivity contribution in [1.82, 2.24) is 10.1 Å². The molecule has 0 fully saturated rings. The molecule has 4 rings (SSSR count). The Morgan fingerprint density at radius 3 is 2.57 bits per heavy atom. The van der Waals surface area contributed by atoms with Gasteiger partial charge in [-0.15, -0.1) is 11.3 Å². The van der Waals surface area contributed by atoms with Gasteiger partial charge in [0.25, 0.3) is 0 Å². The Labute approximate surface area is 196 Å². The Morgan fingerprint density at radius 1 is 1.07 bits per heavy atom. The van der Waals surface area contributed by atoms with Crippen LogP contribution in [-0.2, 0) is 0 Å². The van der Waals surface area contributed by atoms with Crippen molar-refractivity contribution in [3.63, 3.8) is 0 Å². The van der Waals surface area contributed by atoms with Crippen molar-refractivity contribution < 1.29 is 4.52 Å². The number of benzene rings is 2. The van der Waals surface area contributed by atoms with Crippen molar-refractivity contribution in [2.75, 3.05) is 5.43 Å². The van der Waals surface area contributed by atoms with Crippen LogP contribution in [0.3, 0.4) is 0 Å². The maximum absolute atomic E-state index is 6.35. The van der Waals surface area contributed by atoms with Crippen LogP contribution in [0.1, 0.15) is 11.3 Å². The van der Waals surface area contributed by atoms with E-state index in [1.54, 1.807) is 42.6 Å². The number of halogens is 4. The number of aryl methyl sites for hydroxylation is 1. The van der Waals surface area contributed by atoms with Crippen molar-refractivity contribution in [3.8, 4) is 22.5 Å². The topological polar surface area (TPSA) is 63.3 Å². The number of thiazole rings is 1. The van der Waals surface area contributed by atoms with Gasteiger partial charge in [0.15, 0.2) is 0 Å². The molecule has 0 aliphatic carbocycles. The molecule has 2 heterocycles. The van der Waals surface area contributed by atoms with E-state index >= 15 is 0 Å². The predicted molar refractivity (Wildman–Crippen MR) is 125 cm³/mol. The lowest BCUT2D eigenvalue weighted by atomic mass is 10.0. The maximum atomic E-state index is 6.35. The van der Waals surface area contributed by atoms with Gasteiger partial charge >= 0.3 is 0 Å². The second-order valence-corrected chi connectivity index (χ2v) is 8.65. The van der Waals surface area contributed by atoms with E-state index in [1.165, 1.54) is 11.3 Å². The van der Waals surface area contributed by atoms with Crippen LogP contribution in [0, 0.1) is 6.92 Å². The zero-order chi connectivity index (χ0) is 21.3. The highest BCUT2D eigenvalue weighted by molar-refractivity contribution is 7.14. The molecule has 0 saturated carbocycles. The number of nitrogens with one attached hydrogen (secondary N) is 1. The lowest BCUT2D eigenvalue weighted by molar-refractivity contribution is 0.400. The highest BCUT2D eigenvalue weighted by Crippen LogP contribution is 2.39. The summed E-state index contributed by atoms with van der Waals surface area (Å²) in [5.74, 6) is 0.624. The molecular formula is C20H12Cl4N4OS. The summed E-state index contributed by atoms with van der Waals surface area (Å²) in [5.41, 5.74) is 6.26. The van der Waals surface area contributed by atoms with E-state index in [9.17, 15) is 0 Å². The fraction of sp³-hybridized carbons (Fsp3) is 0.0500. The molecule has 0 spiro atoms. The van der Waals surface area contributed by atoms with Crippen LogP contribution in [0.25, 0.3) is 22.5 Å². The fourth-order valence-electron chi connectivity index (χ4n) is 2.77. The number of anilines is 1. The van der Waals surface area contributed by atoms with Gasteiger partial charge in [-0.1, -0.05) is 57.6 Å². The molecule has 0 saturated heterocycles. The molecule has 30 heavy (non-hydrogen) atoms. The quantitative estimate of drug-likeness (QED) is 0.225. The third-order valence-corrected chi connectivity index (χ3v) is 6.12. The third-order valence-electron chi connectivity index (χ3n) is 4.16. The SMILES string of the molecule is Cc1onc(-c2ccc(Cl)cc2Cl)c1-c1csc(N/N=C\c2c(Cl)cccc2Cl)n1. The molecule has 0 aliphatic rings. The molecule has 1 N–H and O–H groups in total.